The fourth-order valence-electron chi connectivity index (χ4n) is 3.15. The van der Waals surface area contributed by atoms with Crippen LogP contribution in [0.2, 0.25) is 0 Å². The fraction of sp³-hybridized carbons (Fsp3) is 0.455. The number of carbonyl (C=O) groups is 2. The van der Waals surface area contributed by atoms with Crippen molar-refractivity contribution in [3.63, 3.8) is 0 Å². The van der Waals surface area contributed by atoms with Gasteiger partial charge in [0.15, 0.2) is 0 Å². The van der Waals surface area contributed by atoms with E-state index in [1.54, 1.807) is 58.9 Å². The van der Waals surface area contributed by atoms with Crippen LogP contribution < -0.4 is 5.32 Å². The molecule has 0 bridgehead atoms. The molecule has 9 heteroatoms. The zero-order valence-corrected chi connectivity index (χ0v) is 19.9. The summed E-state index contributed by atoms with van der Waals surface area (Å²) in [5.41, 5.74) is 0.892. The quantitative estimate of drug-likeness (QED) is 0.427. The molecule has 0 saturated carbocycles. The molecule has 0 unspecified atom stereocenters. The first-order chi connectivity index (χ1) is 14.5. The van der Waals surface area contributed by atoms with E-state index < -0.39 is 25.6 Å². The molecule has 1 amide bonds. The molecule has 2 aromatic rings. The van der Waals surface area contributed by atoms with Gasteiger partial charge in [0.05, 0.1) is 0 Å². The van der Waals surface area contributed by atoms with Crippen LogP contribution in [0.3, 0.4) is 0 Å². The molecule has 0 aliphatic carbocycles. The van der Waals surface area contributed by atoms with Crippen LogP contribution in [0.1, 0.15) is 50.5 Å². The van der Waals surface area contributed by atoms with E-state index in [9.17, 15) is 14.5 Å². The van der Waals surface area contributed by atoms with E-state index in [1.165, 1.54) is 7.11 Å². The standard InChI is InChI=1S/C22H32NO7P/c1-7-28-31(26,29-8-2)14-15-11-17-13-16(20(24)27-6)9-10-18(17)19(12-15)23-21(25)30-22(3,4)5/h9-13,26,31H,7-8,14H2,1-6H3,(H,23,25). The second-order valence-electron chi connectivity index (χ2n) is 7.95. The van der Waals surface area contributed by atoms with Crippen LogP contribution in [0.25, 0.3) is 10.8 Å². The van der Waals surface area contributed by atoms with Gasteiger partial charge >= 0.3 is 183 Å². The summed E-state index contributed by atoms with van der Waals surface area (Å²) < 4.78 is 21.3. The number of rotatable bonds is 8. The van der Waals surface area contributed by atoms with Gasteiger partial charge in [-0.25, -0.2) is 0 Å². The van der Waals surface area contributed by atoms with Gasteiger partial charge in [0.1, 0.15) is 0 Å². The molecule has 0 heterocycles. The molecular weight excluding hydrogens is 421 g/mol. The van der Waals surface area contributed by atoms with E-state index in [-0.39, 0.29) is 6.16 Å². The summed E-state index contributed by atoms with van der Waals surface area (Å²) in [6, 6.07) is 8.61. The van der Waals surface area contributed by atoms with Gasteiger partial charge in [-0.2, -0.15) is 0 Å². The van der Waals surface area contributed by atoms with Crippen molar-refractivity contribution < 1.29 is 33.0 Å². The number of methoxy groups -OCH3 is 1. The van der Waals surface area contributed by atoms with Gasteiger partial charge in [-0.1, -0.05) is 0 Å². The Labute approximate surface area is 183 Å². The zero-order chi connectivity index (χ0) is 23.2. The predicted octanol–water partition coefficient (Wildman–Crippen LogP) is 5.03. The van der Waals surface area contributed by atoms with E-state index in [4.69, 9.17) is 18.5 Å². The number of esters is 1. The monoisotopic (exact) mass is 453 g/mol. The summed E-state index contributed by atoms with van der Waals surface area (Å²) in [5, 5.41) is 4.17. The van der Waals surface area contributed by atoms with Gasteiger partial charge in [-0.05, 0) is 0 Å². The number of ether oxygens (including phenoxy) is 2. The van der Waals surface area contributed by atoms with Crippen LogP contribution in [-0.4, -0.2) is 42.9 Å². The summed E-state index contributed by atoms with van der Waals surface area (Å²) >= 11 is 0. The van der Waals surface area contributed by atoms with Crippen molar-refractivity contribution in [3.8, 4) is 0 Å². The first kappa shape index (κ1) is 25.0. The van der Waals surface area contributed by atoms with Crippen LogP contribution in [0.4, 0.5) is 10.5 Å². The maximum absolute atomic E-state index is 12.4. The van der Waals surface area contributed by atoms with Crippen LogP contribution in [0, 0.1) is 0 Å². The number of fused-ring (bicyclic) bond motifs is 1. The third kappa shape index (κ3) is 7.14. The fourth-order valence-corrected chi connectivity index (χ4v) is 5.06. The normalized spacial score (nSPS) is 12.5. The van der Waals surface area contributed by atoms with Gasteiger partial charge < -0.3 is 0 Å². The van der Waals surface area contributed by atoms with Crippen molar-refractivity contribution in [1.29, 1.82) is 0 Å². The molecule has 0 saturated heterocycles. The number of amides is 1. The van der Waals surface area contributed by atoms with Crippen molar-refractivity contribution in [2.24, 2.45) is 0 Å². The van der Waals surface area contributed by atoms with E-state index in [0.29, 0.717) is 40.8 Å². The van der Waals surface area contributed by atoms with Crippen molar-refractivity contribution in [2.45, 2.75) is 46.4 Å². The summed E-state index contributed by atoms with van der Waals surface area (Å²) in [7, 11) is -2.14. The summed E-state index contributed by atoms with van der Waals surface area (Å²) in [4.78, 5) is 35.2. The van der Waals surface area contributed by atoms with Crippen LogP contribution >= 0.6 is 7.94 Å². The molecule has 0 atom stereocenters. The molecule has 0 fully saturated rings. The third-order valence-corrected chi connectivity index (χ3v) is 6.57. The number of benzene rings is 2. The molecule has 0 radical (unpaired) electrons. The van der Waals surface area contributed by atoms with E-state index in [0.717, 1.165) is 0 Å². The SMILES string of the molecule is CCO[PH](O)(Cc1cc(NC(=O)OC(C)(C)C)c2ccc(C(=O)OC)cc2c1)OCC. The summed E-state index contributed by atoms with van der Waals surface area (Å²) in [6.07, 6.45) is -0.457. The van der Waals surface area contributed by atoms with Crippen molar-refractivity contribution in [3.05, 3.63) is 41.5 Å². The van der Waals surface area contributed by atoms with Gasteiger partial charge in [0.25, 0.3) is 0 Å². The van der Waals surface area contributed by atoms with Gasteiger partial charge in [0, 0.05) is 0 Å². The predicted molar refractivity (Wildman–Crippen MR) is 123 cm³/mol. The molecule has 2 aromatic carbocycles. The second kappa shape index (κ2) is 10.4. The number of nitrogens with one attached hydrogen (secondary N) is 1. The molecule has 2 N–H and O–H groups in total. The number of hydrogen-bond donors (Lipinski definition) is 2. The third-order valence-electron chi connectivity index (χ3n) is 4.24. The number of hydrogen-bond acceptors (Lipinski definition) is 7. The Bertz CT molecular complexity index is 933. The minimum absolute atomic E-state index is 0.149. The first-order valence-electron chi connectivity index (χ1n) is 10.2. The average molecular weight is 453 g/mol. The molecule has 0 aromatic heterocycles. The van der Waals surface area contributed by atoms with Crippen LogP contribution in [0.15, 0.2) is 30.3 Å². The Morgan fingerprint density at radius 1 is 1.06 bits per heavy atom. The molecule has 0 spiro atoms. The Morgan fingerprint density at radius 3 is 2.26 bits per heavy atom. The molecule has 2 rings (SSSR count). The molecule has 172 valence electrons. The topological polar surface area (TPSA) is 103 Å². The van der Waals surface area contributed by atoms with Crippen molar-refractivity contribution in [2.75, 3.05) is 25.6 Å². The van der Waals surface area contributed by atoms with Crippen molar-refractivity contribution >= 4 is 36.5 Å². The summed E-state index contributed by atoms with van der Waals surface area (Å²) in [5.74, 6) is -0.469. The Morgan fingerprint density at radius 2 is 1.71 bits per heavy atom. The molecular formula is C22H32NO7P. The van der Waals surface area contributed by atoms with E-state index >= 15 is 0 Å². The van der Waals surface area contributed by atoms with Gasteiger partial charge in [-0.3, -0.25) is 0 Å². The molecule has 31 heavy (non-hydrogen) atoms. The Hall–Kier alpha value is -2.25. The van der Waals surface area contributed by atoms with E-state index in [1.807, 2.05) is 6.07 Å². The maximum atomic E-state index is 12.4. The average Bonchev–Trinajstić information content (AvgIpc) is 2.65. The molecule has 0 aliphatic heterocycles. The Kier molecular flexibility index (Phi) is 8.37. The van der Waals surface area contributed by atoms with Gasteiger partial charge in [-0.15, -0.1) is 0 Å². The van der Waals surface area contributed by atoms with Crippen molar-refractivity contribution in [1.82, 2.24) is 0 Å². The van der Waals surface area contributed by atoms with E-state index in [2.05, 4.69) is 5.32 Å². The van der Waals surface area contributed by atoms with Gasteiger partial charge in [0.2, 0.25) is 0 Å². The molecule has 8 nitrogen and oxygen atoms in total. The zero-order valence-electron chi connectivity index (χ0n) is 18.9. The van der Waals surface area contributed by atoms with Crippen LogP contribution in [0.5, 0.6) is 0 Å². The number of carbonyl (C=O) groups excluding carboxylic acids is 2. The summed E-state index contributed by atoms with van der Waals surface area (Å²) in [6.45, 7) is 9.53. The second-order valence-corrected chi connectivity index (χ2v) is 10.3. The number of anilines is 1. The minimum atomic E-state index is -3.46. The Balaban J connectivity index is 2.53. The first-order valence-corrected chi connectivity index (χ1v) is 12.1. The molecule has 0 aliphatic rings. The van der Waals surface area contributed by atoms with Crippen LogP contribution in [-0.2, 0) is 24.7 Å².